The van der Waals surface area contributed by atoms with Gasteiger partial charge in [0.15, 0.2) is 17.3 Å². The van der Waals surface area contributed by atoms with Crippen molar-refractivity contribution in [2.24, 2.45) is 5.41 Å². The second kappa shape index (κ2) is 9.59. The molecular formula is C27H28N4O5S. The van der Waals surface area contributed by atoms with Gasteiger partial charge in [0.2, 0.25) is 11.1 Å². The molecule has 3 aromatic rings. The highest BCUT2D eigenvalue weighted by atomic mass is 32.2. The van der Waals surface area contributed by atoms with Gasteiger partial charge in [0, 0.05) is 23.4 Å². The smallest absolute Gasteiger partial charge is 0.335 e. The number of aromatic nitrogens is 3. The van der Waals surface area contributed by atoms with E-state index in [0.717, 1.165) is 23.2 Å². The van der Waals surface area contributed by atoms with Gasteiger partial charge in [-0.25, -0.2) is 9.48 Å². The van der Waals surface area contributed by atoms with E-state index in [4.69, 9.17) is 24.7 Å². The van der Waals surface area contributed by atoms with E-state index in [9.17, 15) is 9.59 Å². The fraction of sp³-hybridized carbons (Fsp3) is 0.333. The molecule has 2 heterocycles. The van der Waals surface area contributed by atoms with Crippen molar-refractivity contribution in [1.82, 2.24) is 14.8 Å². The number of carbonyl (C=O) groups is 2. The predicted octanol–water partition coefficient (Wildman–Crippen LogP) is 4.94. The Morgan fingerprint density at radius 2 is 1.86 bits per heavy atom. The highest BCUT2D eigenvalue weighted by Gasteiger charge is 2.42. The van der Waals surface area contributed by atoms with Gasteiger partial charge in [0.1, 0.15) is 6.04 Å². The number of aromatic carboxylic acids is 1. The van der Waals surface area contributed by atoms with Crippen LogP contribution in [0.3, 0.4) is 0 Å². The molecule has 5 rings (SSSR count). The van der Waals surface area contributed by atoms with Gasteiger partial charge < -0.3 is 19.9 Å². The summed E-state index contributed by atoms with van der Waals surface area (Å²) in [5.74, 6) is 1.47. The zero-order valence-electron chi connectivity index (χ0n) is 21.1. The van der Waals surface area contributed by atoms with Crippen molar-refractivity contribution in [2.75, 3.05) is 19.5 Å². The second-order valence-electron chi connectivity index (χ2n) is 9.93. The molecule has 192 valence electrons. The summed E-state index contributed by atoms with van der Waals surface area (Å²) in [6.45, 7) is 4.19. The van der Waals surface area contributed by atoms with Gasteiger partial charge >= 0.3 is 5.97 Å². The number of ketones is 1. The Morgan fingerprint density at radius 1 is 1.14 bits per heavy atom. The lowest BCUT2D eigenvalue weighted by atomic mass is 9.73. The molecule has 0 spiro atoms. The molecule has 9 nitrogen and oxygen atoms in total. The van der Waals surface area contributed by atoms with E-state index in [2.05, 4.69) is 19.2 Å². The maximum absolute atomic E-state index is 13.4. The molecule has 0 saturated heterocycles. The number of hydrogen-bond acceptors (Lipinski definition) is 8. The Labute approximate surface area is 218 Å². The van der Waals surface area contributed by atoms with Crippen LogP contribution in [0.5, 0.6) is 11.5 Å². The predicted molar refractivity (Wildman–Crippen MR) is 139 cm³/mol. The number of benzene rings is 2. The molecule has 37 heavy (non-hydrogen) atoms. The van der Waals surface area contributed by atoms with Crippen LogP contribution in [-0.2, 0) is 10.5 Å². The first kappa shape index (κ1) is 24.9. The van der Waals surface area contributed by atoms with Gasteiger partial charge in [-0.15, -0.1) is 5.10 Å². The van der Waals surface area contributed by atoms with Crippen molar-refractivity contribution in [3.05, 3.63) is 70.4 Å². The lowest BCUT2D eigenvalue weighted by Gasteiger charge is -2.38. The van der Waals surface area contributed by atoms with Crippen molar-refractivity contribution in [3.8, 4) is 11.5 Å². The fourth-order valence-corrected chi connectivity index (χ4v) is 5.66. The number of methoxy groups -OCH3 is 2. The summed E-state index contributed by atoms with van der Waals surface area (Å²) in [6.07, 6.45) is 1.18. The molecule has 0 saturated carbocycles. The van der Waals surface area contributed by atoms with Crippen LogP contribution < -0.4 is 14.8 Å². The Balaban J connectivity index is 1.51. The van der Waals surface area contributed by atoms with Gasteiger partial charge in [0.05, 0.1) is 19.8 Å². The van der Waals surface area contributed by atoms with E-state index in [-0.39, 0.29) is 16.8 Å². The number of fused-ring (bicyclic) bond motifs is 1. The third-order valence-electron chi connectivity index (χ3n) is 6.60. The molecule has 2 N–H and O–H groups in total. The molecule has 1 aliphatic carbocycles. The number of carbonyl (C=O) groups excluding carboxylic acids is 1. The number of nitrogens with one attached hydrogen (secondary N) is 1. The number of nitrogens with zero attached hydrogens (tertiary/aromatic N) is 3. The third-order valence-corrected chi connectivity index (χ3v) is 7.51. The molecule has 0 bridgehead atoms. The number of ether oxygens (including phenoxy) is 2. The maximum Gasteiger partial charge on any atom is 0.335 e. The van der Waals surface area contributed by atoms with E-state index in [0.29, 0.717) is 40.4 Å². The highest BCUT2D eigenvalue weighted by Crippen LogP contribution is 2.46. The van der Waals surface area contributed by atoms with E-state index in [1.807, 2.05) is 18.2 Å². The number of Topliss-reactive ketones (excluding diaryl/α,β-unsaturated/α-hetero) is 1. The van der Waals surface area contributed by atoms with Crippen LogP contribution in [0.4, 0.5) is 5.95 Å². The first-order chi connectivity index (χ1) is 17.7. The largest absolute Gasteiger partial charge is 0.493 e. The normalized spacial score (nSPS) is 18.1. The second-order valence-corrected chi connectivity index (χ2v) is 10.9. The van der Waals surface area contributed by atoms with Crippen molar-refractivity contribution in [3.63, 3.8) is 0 Å². The van der Waals surface area contributed by atoms with E-state index in [1.54, 1.807) is 43.2 Å². The van der Waals surface area contributed by atoms with Crippen molar-refractivity contribution >= 4 is 29.5 Å². The molecule has 10 heteroatoms. The molecular weight excluding hydrogens is 492 g/mol. The van der Waals surface area contributed by atoms with Gasteiger partial charge in [-0.3, -0.25) is 4.79 Å². The third kappa shape index (κ3) is 4.81. The molecule has 2 aliphatic rings. The van der Waals surface area contributed by atoms with Gasteiger partial charge in [-0.2, -0.15) is 4.98 Å². The van der Waals surface area contributed by atoms with Gasteiger partial charge in [-0.1, -0.05) is 43.8 Å². The summed E-state index contributed by atoms with van der Waals surface area (Å²) in [5, 5.41) is 17.8. The molecule has 0 radical (unpaired) electrons. The summed E-state index contributed by atoms with van der Waals surface area (Å²) >= 11 is 1.45. The topological polar surface area (TPSA) is 116 Å². The molecule has 1 aliphatic heterocycles. The van der Waals surface area contributed by atoms with E-state index >= 15 is 0 Å². The zero-order chi connectivity index (χ0) is 26.3. The Morgan fingerprint density at radius 3 is 2.54 bits per heavy atom. The number of carboxylic acid groups (broad SMARTS) is 1. The van der Waals surface area contributed by atoms with Gasteiger partial charge in [0.25, 0.3) is 0 Å². The van der Waals surface area contributed by atoms with Crippen LogP contribution >= 0.6 is 11.8 Å². The number of thioether (sulfide) groups is 1. The number of rotatable bonds is 7. The standard InChI is InChI=1S/C27H28N4O5S/c1-27(2)12-18-22(19(32)13-27)23(17-9-10-20(35-3)21(11-17)36-4)31-25(28-18)29-26(30-31)37-14-15-5-7-16(8-6-15)24(33)34/h5-11,23H,12-14H2,1-4H3,(H,33,34)(H,28,29,30)/t23-/m0/s1. The quantitative estimate of drug-likeness (QED) is 0.418. The zero-order valence-corrected chi connectivity index (χ0v) is 21.9. The number of anilines is 1. The van der Waals surface area contributed by atoms with Crippen LogP contribution in [0.2, 0.25) is 0 Å². The molecule has 0 amide bonds. The molecule has 0 unspecified atom stereocenters. The first-order valence-corrected chi connectivity index (χ1v) is 12.8. The molecule has 2 aromatic carbocycles. The maximum atomic E-state index is 13.4. The number of carboxylic acids is 1. The summed E-state index contributed by atoms with van der Waals surface area (Å²) in [7, 11) is 3.17. The molecule has 1 aromatic heterocycles. The van der Waals surface area contributed by atoms with Crippen LogP contribution in [0.1, 0.15) is 54.2 Å². The van der Waals surface area contributed by atoms with E-state index in [1.165, 1.54) is 11.8 Å². The Hall–Kier alpha value is -3.79. The van der Waals surface area contributed by atoms with Crippen LogP contribution in [0, 0.1) is 5.41 Å². The fourth-order valence-electron chi connectivity index (χ4n) is 4.87. The van der Waals surface area contributed by atoms with Crippen molar-refractivity contribution < 1.29 is 24.2 Å². The average Bonchev–Trinajstić information content (AvgIpc) is 3.27. The molecule has 0 fully saturated rings. The average molecular weight is 521 g/mol. The van der Waals surface area contributed by atoms with E-state index < -0.39 is 12.0 Å². The van der Waals surface area contributed by atoms with Crippen molar-refractivity contribution in [2.45, 2.75) is 43.6 Å². The SMILES string of the molecule is COc1ccc([C@H]2C3=C(CC(C)(C)CC3=O)Nc3nc(SCc4ccc(C(=O)O)cc4)nn32)cc1OC. The van der Waals surface area contributed by atoms with Crippen LogP contribution in [0.25, 0.3) is 0 Å². The summed E-state index contributed by atoms with van der Waals surface area (Å²) in [6, 6.07) is 11.9. The lowest BCUT2D eigenvalue weighted by molar-refractivity contribution is -0.118. The Kier molecular flexibility index (Phi) is 6.45. The monoisotopic (exact) mass is 520 g/mol. The summed E-state index contributed by atoms with van der Waals surface area (Å²) < 4.78 is 12.7. The summed E-state index contributed by atoms with van der Waals surface area (Å²) in [4.78, 5) is 29.3. The number of allylic oxidation sites excluding steroid dienone is 2. The highest BCUT2D eigenvalue weighted by molar-refractivity contribution is 7.98. The van der Waals surface area contributed by atoms with Crippen molar-refractivity contribution in [1.29, 1.82) is 0 Å². The Bertz CT molecular complexity index is 1410. The lowest BCUT2D eigenvalue weighted by Crippen LogP contribution is -2.36. The minimum Gasteiger partial charge on any atom is -0.493 e. The summed E-state index contributed by atoms with van der Waals surface area (Å²) in [5.41, 5.74) is 3.47. The van der Waals surface area contributed by atoms with Crippen LogP contribution in [-0.4, -0.2) is 45.8 Å². The minimum atomic E-state index is -0.955. The van der Waals surface area contributed by atoms with Crippen LogP contribution in [0.15, 0.2) is 58.9 Å². The van der Waals surface area contributed by atoms with Gasteiger partial charge in [-0.05, 0) is 47.2 Å². The first-order valence-electron chi connectivity index (χ1n) is 11.9. The number of hydrogen-bond donors (Lipinski definition) is 2. The minimum absolute atomic E-state index is 0.0902. The molecule has 1 atom stereocenters.